The average Bonchev–Trinajstić information content (AvgIpc) is 2.88. The number of benzene rings is 1. The lowest BCUT2D eigenvalue weighted by atomic mass is 10.1. The Morgan fingerprint density at radius 1 is 1.23 bits per heavy atom. The largest absolute Gasteiger partial charge is 0.329 e. The molecule has 114 valence electrons. The maximum Gasteiger partial charge on any atom is 0.142 e. The van der Waals surface area contributed by atoms with Gasteiger partial charge in [-0.1, -0.05) is 17.7 Å². The molecule has 3 rings (SSSR count). The van der Waals surface area contributed by atoms with Gasteiger partial charge in [-0.2, -0.15) is 10.2 Å². The quantitative estimate of drug-likeness (QED) is 0.727. The predicted molar refractivity (Wildman–Crippen MR) is 85.8 cm³/mol. The van der Waals surface area contributed by atoms with Crippen molar-refractivity contribution in [2.45, 2.75) is 13.5 Å². The van der Waals surface area contributed by atoms with Gasteiger partial charge in [0.2, 0.25) is 0 Å². The molecule has 7 heteroatoms. The van der Waals surface area contributed by atoms with Gasteiger partial charge in [-0.25, -0.2) is 9.37 Å². The van der Waals surface area contributed by atoms with Crippen LogP contribution in [-0.4, -0.2) is 19.7 Å². The number of aryl methyl sites for hydroxylation is 1. The summed E-state index contributed by atoms with van der Waals surface area (Å²) in [7, 11) is 0. The lowest BCUT2D eigenvalue weighted by Crippen LogP contribution is -2.04. The molecule has 0 atom stereocenters. The van der Waals surface area contributed by atoms with E-state index >= 15 is 0 Å². The van der Waals surface area contributed by atoms with Crippen LogP contribution in [-0.2, 0) is 6.54 Å². The fourth-order valence-corrected chi connectivity index (χ4v) is 2.18. The molecule has 0 aliphatic heterocycles. The summed E-state index contributed by atoms with van der Waals surface area (Å²) in [5.41, 5.74) is 2.30. The lowest BCUT2D eigenvalue weighted by molar-refractivity contribution is 0.629. The highest BCUT2D eigenvalue weighted by atomic mass is 35.5. The monoisotopic (exact) mass is 338 g/mol. The second kappa shape index (κ2) is 6.85. The fraction of sp³-hybridized carbons (Fsp3) is 0.133. The van der Waals surface area contributed by atoms with Crippen molar-refractivity contribution in [3.63, 3.8) is 0 Å². The molecule has 2 heterocycles. The molecule has 22 heavy (non-hydrogen) atoms. The smallest absolute Gasteiger partial charge is 0.142 e. The van der Waals surface area contributed by atoms with Gasteiger partial charge >= 0.3 is 0 Å². The Bertz CT molecular complexity index is 789. The van der Waals surface area contributed by atoms with Gasteiger partial charge in [0.15, 0.2) is 0 Å². The van der Waals surface area contributed by atoms with Gasteiger partial charge in [0.1, 0.15) is 11.6 Å². The van der Waals surface area contributed by atoms with E-state index in [1.165, 1.54) is 12.1 Å². The zero-order chi connectivity index (χ0) is 14.8. The zero-order valence-electron chi connectivity index (χ0n) is 11.7. The summed E-state index contributed by atoms with van der Waals surface area (Å²) in [6.45, 7) is 2.49. The average molecular weight is 339 g/mol. The summed E-state index contributed by atoms with van der Waals surface area (Å²) < 4.78 is 15.5. The minimum atomic E-state index is -0.446. The first kappa shape index (κ1) is 16.4. The van der Waals surface area contributed by atoms with Crippen molar-refractivity contribution in [3.8, 4) is 11.1 Å². The van der Waals surface area contributed by atoms with Crippen LogP contribution in [0.25, 0.3) is 11.1 Å². The fourth-order valence-electron chi connectivity index (χ4n) is 2.07. The van der Waals surface area contributed by atoms with E-state index in [4.69, 9.17) is 11.6 Å². The van der Waals surface area contributed by atoms with E-state index in [0.717, 1.165) is 22.6 Å². The Balaban J connectivity index is 0.00000176. The molecule has 2 aromatic heterocycles. The minimum absolute atomic E-state index is 0. The molecule has 0 unspecified atom stereocenters. The number of imidazole rings is 1. The molecule has 0 amide bonds. The molecule has 1 aromatic carbocycles. The van der Waals surface area contributed by atoms with Crippen molar-refractivity contribution in [3.05, 3.63) is 65.2 Å². The van der Waals surface area contributed by atoms with Crippen LogP contribution in [0.3, 0.4) is 0 Å². The number of hydrogen-bond donors (Lipinski definition) is 0. The second-order valence-corrected chi connectivity index (χ2v) is 5.07. The zero-order valence-corrected chi connectivity index (χ0v) is 13.3. The topological polar surface area (TPSA) is 43.6 Å². The molecule has 0 spiro atoms. The molecule has 0 fully saturated rings. The van der Waals surface area contributed by atoms with Crippen LogP contribution >= 0.6 is 24.0 Å². The van der Waals surface area contributed by atoms with Crippen LogP contribution in [0.15, 0.2) is 42.9 Å². The van der Waals surface area contributed by atoms with E-state index in [9.17, 15) is 4.39 Å². The van der Waals surface area contributed by atoms with Gasteiger partial charge in [0, 0.05) is 18.0 Å². The molecule has 0 N–H and O–H groups in total. The minimum Gasteiger partial charge on any atom is -0.329 e. The van der Waals surface area contributed by atoms with Gasteiger partial charge in [-0.05, 0) is 30.7 Å². The molecule has 0 aliphatic rings. The van der Waals surface area contributed by atoms with E-state index in [1.807, 2.05) is 23.8 Å². The summed E-state index contributed by atoms with van der Waals surface area (Å²) in [5.74, 6) is 0.456. The Kier molecular flexibility index (Phi) is 5.11. The second-order valence-electron chi connectivity index (χ2n) is 4.67. The standard InChI is InChI=1S/C15H12ClFN4.ClH/c1-10-18-4-5-21(10)9-13-6-12(8-19-20-13)11-2-3-14(16)15(17)7-11;/h2-8H,9H2,1H3;1H. The van der Waals surface area contributed by atoms with Crippen LogP contribution < -0.4 is 0 Å². The van der Waals surface area contributed by atoms with Crippen molar-refractivity contribution in [1.29, 1.82) is 0 Å². The summed E-state index contributed by atoms with van der Waals surface area (Å²) in [4.78, 5) is 4.17. The van der Waals surface area contributed by atoms with Crippen molar-refractivity contribution in [2.24, 2.45) is 0 Å². The van der Waals surface area contributed by atoms with Crippen molar-refractivity contribution in [2.75, 3.05) is 0 Å². The maximum absolute atomic E-state index is 13.5. The SMILES string of the molecule is Cc1nccn1Cc1cc(-c2ccc(Cl)c(F)c2)cnn1.Cl. The first-order valence-electron chi connectivity index (χ1n) is 6.38. The third kappa shape index (κ3) is 3.43. The number of aromatic nitrogens is 4. The third-order valence-corrected chi connectivity index (χ3v) is 3.52. The molecule has 0 saturated heterocycles. The van der Waals surface area contributed by atoms with Crippen molar-refractivity contribution >= 4 is 24.0 Å². The number of halogens is 3. The van der Waals surface area contributed by atoms with E-state index in [1.54, 1.807) is 18.5 Å². The predicted octanol–water partition coefficient (Wildman–Crippen LogP) is 3.91. The highest BCUT2D eigenvalue weighted by Gasteiger charge is 2.06. The van der Waals surface area contributed by atoms with Crippen LogP contribution in [0.2, 0.25) is 5.02 Å². The van der Waals surface area contributed by atoms with Crippen LogP contribution in [0.1, 0.15) is 11.5 Å². The van der Waals surface area contributed by atoms with Gasteiger partial charge in [0.05, 0.1) is 23.5 Å². The first-order chi connectivity index (χ1) is 10.1. The van der Waals surface area contributed by atoms with Crippen molar-refractivity contribution < 1.29 is 4.39 Å². The Labute approximate surface area is 138 Å². The van der Waals surface area contributed by atoms with Crippen LogP contribution in [0.5, 0.6) is 0 Å². The van der Waals surface area contributed by atoms with E-state index < -0.39 is 5.82 Å². The molecule has 4 nitrogen and oxygen atoms in total. The van der Waals surface area contributed by atoms with E-state index in [-0.39, 0.29) is 17.4 Å². The van der Waals surface area contributed by atoms with E-state index in [2.05, 4.69) is 15.2 Å². The Morgan fingerprint density at radius 3 is 2.73 bits per heavy atom. The molecular weight excluding hydrogens is 326 g/mol. The molecule has 0 radical (unpaired) electrons. The lowest BCUT2D eigenvalue weighted by Gasteiger charge is -2.06. The number of hydrogen-bond acceptors (Lipinski definition) is 3. The molecule has 0 saturated carbocycles. The summed E-state index contributed by atoms with van der Waals surface area (Å²) >= 11 is 5.70. The molecule has 0 aliphatic carbocycles. The highest BCUT2D eigenvalue weighted by molar-refractivity contribution is 6.30. The molecular formula is C15H13Cl2FN4. The first-order valence-corrected chi connectivity index (χ1v) is 6.76. The summed E-state index contributed by atoms with van der Waals surface area (Å²) in [5, 5.41) is 8.19. The Morgan fingerprint density at radius 2 is 2.05 bits per heavy atom. The molecule has 3 aromatic rings. The van der Waals surface area contributed by atoms with Gasteiger partial charge in [-0.3, -0.25) is 0 Å². The van der Waals surface area contributed by atoms with Crippen LogP contribution in [0, 0.1) is 12.7 Å². The summed E-state index contributed by atoms with van der Waals surface area (Å²) in [6.07, 6.45) is 5.22. The molecule has 0 bridgehead atoms. The third-order valence-electron chi connectivity index (χ3n) is 3.21. The van der Waals surface area contributed by atoms with Gasteiger partial charge < -0.3 is 4.57 Å². The summed E-state index contributed by atoms with van der Waals surface area (Å²) in [6, 6.07) is 6.57. The normalized spacial score (nSPS) is 10.3. The maximum atomic E-state index is 13.5. The number of nitrogens with zero attached hydrogens (tertiary/aromatic N) is 4. The highest BCUT2D eigenvalue weighted by Crippen LogP contribution is 2.24. The van der Waals surface area contributed by atoms with Crippen molar-refractivity contribution in [1.82, 2.24) is 19.7 Å². The number of rotatable bonds is 3. The van der Waals surface area contributed by atoms with Crippen LogP contribution in [0.4, 0.5) is 4.39 Å². The Hall–Kier alpha value is -1.98. The van der Waals surface area contributed by atoms with Gasteiger partial charge in [0.25, 0.3) is 0 Å². The van der Waals surface area contributed by atoms with Gasteiger partial charge in [-0.15, -0.1) is 12.4 Å². The van der Waals surface area contributed by atoms with E-state index in [0.29, 0.717) is 6.54 Å².